The van der Waals surface area contributed by atoms with E-state index < -0.39 is 17.9 Å². The molecule has 0 saturated carbocycles. The molecule has 0 amide bonds. The van der Waals surface area contributed by atoms with Crippen LogP contribution in [0.15, 0.2) is 78.9 Å². The Morgan fingerprint density at radius 1 is 0.821 bits per heavy atom. The van der Waals surface area contributed by atoms with Gasteiger partial charge in [-0.3, -0.25) is 9.59 Å². The quantitative estimate of drug-likeness (QED) is 0.518. The van der Waals surface area contributed by atoms with Crippen molar-refractivity contribution in [3.63, 3.8) is 0 Å². The van der Waals surface area contributed by atoms with Crippen molar-refractivity contribution in [2.45, 2.75) is 12.3 Å². The van der Waals surface area contributed by atoms with Crippen molar-refractivity contribution in [1.82, 2.24) is 0 Å². The van der Waals surface area contributed by atoms with Gasteiger partial charge in [0.15, 0.2) is 5.92 Å². The lowest BCUT2D eigenvalue weighted by Gasteiger charge is -2.17. The Hall–Kier alpha value is -3.40. The van der Waals surface area contributed by atoms with Crippen LogP contribution < -0.4 is 0 Å². The maximum atomic E-state index is 12.6. The molecule has 0 fully saturated rings. The van der Waals surface area contributed by atoms with Crippen molar-refractivity contribution in [2.24, 2.45) is 5.92 Å². The molecule has 3 aromatic rings. The van der Waals surface area contributed by atoms with Gasteiger partial charge in [-0.15, -0.1) is 0 Å². The monoisotopic (exact) mass is 372 g/mol. The average Bonchev–Trinajstić information content (AvgIpc) is 3.05. The molecule has 4 rings (SSSR count). The number of carbonyl (C=O) groups is 2. The Kier molecular flexibility index (Phi) is 4.94. The molecule has 0 bridgehead atoms. The molecule has 1 aliphatic rings. The molecule has 28 heavy (non-hydrogen) atoms. The van der Waals surface area contributed by atoms with Crippen molar-refractivity contribution in [2.75, 3.05) is 6.61 Å². The second kappa shape index (κ2) is 7.69. The van der Waals surface area contributed by atoms with Gasteiger partial charge in [-0.25, -0.2) is 0 Å². The highest BCUT2D eigenvalue weighted by Gasteiger charge is 2.32. The Morgan fingerprint density at radius 2 is 1.36 bits per heavy atom. The smallest absolute Gasteiger partial charge is 0.320 e. The van der Waals surface area contributed by atoms with E-state index in [0.717, 1.165) is 27.8 Å². The summed E-state index contributed by atoms with van der Waals surface area (Å²) in [6, 6.07) is 25.2. The van der Waals surface area contributed by atoms with Crippen LogP contribution in [0.3, 0.4) is 0 Å². The molecule has 1 atom stereocenters. The molecule has 3 aromatic carbocycles. The van der Waals surface area contributed by atoms with Gasteiger partial charge in [-0.2, -0.15) is 0 Å². The van der Waals surface area contributed by atoms with E-state index in [1.807, 2.05) is 66.7 Å². The number of esters is 1. The van der Waals surface area contributed by atoms with Crippen LogP contribution in [0.4, 0.5) is 0 Å². The van der Waals surface area contributed by atoms with Crippen LogP contribution in [0.1, 0.15) is 22.6 Å². The highest BCUT2D eigenvalue weighted by molar-refractivity contribution is 5.94. The maximum Gasteiger partial charge on any atom is 0.320 e. The number of hydrogen-bond acceptors (Lipinski definition) is 3. The summed E-state index contributed by atoms with van der Waals surface area (Å²) in [6.07, 6.45) is 0.118. The van der Waals surface area contributed by atoms with Crippen LogP contribution in [0.5, 0.6) is 0 Å². The van der Waals surface area contributed by atoms with Gasteiger partial charge in [-0.1, -0.05) is 78.9 Å². The molecular weight excluding hydrogens is 352 g/mol. The average molecular weight is 372 g/mol. The number of ether oxygens (including phenoxy) is 1. The molecular formula is C24H20O4. The Balaban J connectivity index is 1.52. The molecule has 1 aliphatic carbocycles. The second-order valence-corrected chi connectivity index (χ2v) is 6.94. The van der Waals surface area contributed by atoms with Gasteiger partial charge in [0.05, 0.1) is 0 Å². The number of carbonyl (C=O) groups excluding carboxylic acids is 1. The first-order valence-electron chi connectivity index (χ1n) is 9.26. The van der Waals surface area contributed by atoms with Crippen molar-refractivity contribution in [3.05, 3.63) is 95.6 Å². The van der Waals surface area contributed by atoms with E-state index in [2.05, 4.69) is 12.1 Å². The molecule has 4 heteroatoms. The number of benzene rings is 3. The topological polar surface area (TPSA) is 63.6 Å². The summed E-state index contributed by atoms with van der Waals surface area (Å²) >= 11 is 0. The van der Waals surface area contributed by atoms with Crippen LogP contribution >= 0.6 is 0 Å². The van der Waals surface area contributed by atoms with Gasteiger partial charge >= 0.3 is 11.9 Å². The summed E-state index contributed by atoms with van der Waals surface area (Å²) < 4.78 is 5.52. The summed E-state index contributed by atoms with van der Waals surface area (Å²) in [7, 11) is 0. The molecule has 0 aliphatic heterocycles. The SMILES string of the molecule is O=C(O)[C@H](Cc1ccccc1)C(=O)OCC1c2ccccc2-c2ccccc21. The lowest BCUT2D eigenvalue weighted by Crippen LogP contribution is -2.29. The molecule has 0 unspecified atom stereocenters. The first-order valence-corrected chi connectivity index (χ1v) is 9.26. The lowest BCUT2D eigenvalue weighted by atomic mass is 9.97. The van der Waals surface area contributed by atoms with E-state index in [1.54, 1.807) is 0 Å². The number of rotatable bonds is 6. The van der Waals surface area contributed by atoms with Gasteiger partial charge in [0.25, 0.3) is 0 Å². The van der Waals surface area contributed by atoms with Crippen molar-refractivity contribution in [3.8, 4) is 11.1 Å². The van der Waals surface area contributed by atoms with E-state index in [4.69, 9.17) is 4.74 Å². The zero-order chi connectivity index (χ0) is 19.5. The van der Waals surface area contributed by atoms with Crippen molar-refractivity contribution >= 4 is 11.9 Å². The van der Waals surface area contributed by atoms with E-state index in [0.29, 0.717) is 0 Å². The molecule has 0 heterocycles. The van der Waals surface area contributed by atoms with Crippen LogP contribution in [0.25, 0.3) is 11.1 Å². The van der Waals surface area contributed by atoms with Gasteiger partial charge in [0, 0.05) is 5.92 Å². The zero-order valence-corrected chi connectivity index (χ0v) is 15.2. The minimum atomic E-state index is -1.21. The van der Waals surface area contributed by atoms with E-state index in [9.17, 15) is 14.7 Å². The highest BCUT2D eigenvalue weighted by Crippen LogP contribution is 2.44. The van der Waals surface area contributed by atoms with Gasteiger partial charge in [0.1, 0.15) is 6.61 Å². The fraction of sp³-hybridized carbons (Fsp3) is 0.167. The maximum absolute atomic E-state index is 12.6. The third-order valence-corrected chi connectivity index (χ3v) is 5.22. The number of fused-ring (bicyclic) bond motifs is 3. The van der Waals surface area contributed by atoms with Crippen LogP contribution in [-0.2, 0) is 20.7 Å². The molecule has 0 radical (unpaired) electrons. The minimum absolute atomic E-state index is 0.0810. The Morgan fingerprint density at radius 3 is 1.93 bits per heavy atom. The standard InChI is InChI=1S/C24H20O4/c25-23(26)21(14-16-8-2-1-3-9-16)24(27)28-15-22-19-12-6-4-10-17(19)18-11-5-7-13-20(18)22/h1-13,21-22H,14-15H2,(H,25,26)/t21-/m0/s1. The third kappa shape index (κ3) is 3.41. The minimum Gasteiger partial charge on any atom is -0.481 e. The molecule has 0 spiro atoms. The normalized spacial score (nSPS) is 13.4. The largest absolute Gasteiger partial charge is 0.481 e. The van der Waals surface area contributed by atoms with Crippen LogP contribution in [0, 0.1) is 5.92 Å². The second-order valence-electron chi connectivity index (χ2n) is 6.94. The fourth-order valence-electron chi connectivity index (χ4n) is 3.83. The number of aliphatic carboxylic acids is 1. The van der Waals surface area contributed by atoms with E-state index >= 15 is 0 Å². The van der Waals surface area contributed by atoms with Crippen LogP contribution in [-0.4, -0.2) is 23.7 Å². The molecule has 0 saturated heterocycles. The number of carboxylic acid groups (broad SMARTS) is 1. The molecule has 140 valence electrons. The molecule has 4 nitrogen and oxygen atoms in total. The van der Waals surface area contributed by atoms with E-state index in [1.165, 1.54) is 0 Å². The van der Waals surface area contributed by atoms with Crippen molar-refractivity contribution in [1.29, 1.82) is 0 Å². The summed E-state index contributed by atoms with van der Waals surface area (Å²) in [5.74, 6) is -3.16. The summed E-state index contributed by atoms with van der Waals surface area (Å²) in [5.41, 5.74) is 5.28. The fourth-order valence-corrected chi connectivity index (χ4v) is 3.83. The number of hydrogen-bond donors (Lipinski definition) is 1. The summed E-state index contributed by atoms with van der Waals surface area (Å²) in [5, 5.41) is 9.51. The third-order valence-electron chi connectivity index (χ3n) is 5.22. The summed E-state index contributed by atoms with van der Waals surface area (Å²) in [4.78, 5) is 24.2. The van der Waals surface area contributed by atoms with Gasteiger partial charge in [0.2, 0.25) is 0 Å². The Labute approximate surface area is 163 Å². The van der Waals surface area contributed by atoms with Gasteiger partial charge in [-0.05, 0) is 34.2 Å². The number of carboxylic acids is 1. The molecule has 0 aromatic heterocycles. The summed E-state index contributed by atoms with van der Waals surface area (Å²) in [6.45, 7) is 0.130. The highest BCUT2D eigenvalue weighted by atomic mass is 16.5. The predicted octanol–water partition coefficient (Wildman–Crippen LogP) is 4.29. The van der Waals surface area contributed by atoms with E-state index in [-0.39, 0.29) is 18.9 Å². The van der Waals surface area contributed by atoms with Crippen LogP contribution in [0.2, 0.25) is 0 Å². The molecule has 1 N–H and O–H groups in total. The zero-order valence-electron chi connectivity index (χ0n) is 15.2. The lowest BCUT2D eigenvalue weighted by molar-refractivity contribution is -0.158. The first-order chi connectivity index (χ1) is 13.6. The Bertz CT molecular complexity index is 964. The first kappa shape index (κ1) is 18.0. The van der Waals surface area contributed by atoms with Gasteiger partial charge < -0.3 is 9.84 Å². The van der Waals surface area contributed by atoms with Crippen molar-refractivity contribution < 1.29 is 19.4 Å². The predicted molar refractivity (Wildman–Crippen MR) is 106 cm³/mol.